The molecule has 3 rings (SSSR count). The summed E-state index contributed by atoms with van der Waals surface area (Å²) in [5.41, 5.74) is 2.85. The number of hydrogen-bond acceptors (Lipinski definition) is 3. The van der Waals surface area contributed by atoms with E-state index in [1.54, 1.807) is 12.1 Å². The minimum Gasteiger partial charge on any atom is -0.459 e. The van der Waals surface area contributed by atoms with E-state index in [1.807, 2.05) is 0 Å². The fourth-order valence-electron chi connectivity index (χ4n) is 2.57. The summed E-state index contributed by atoms with van der Waals surface area (Å²) < 4.78 is 5.06. The standard InChI is InChI=1S/C16H18N2O2/c19-16(15-6-3-11-20-15)17-8-10-18-9-7-13-4-1-2-5-14(13)12-18/h1-6,11H,7-10,12H2,(H,17,19). The van der Waals surface area contributed by atoms with Crippen LogP contribution >= 0.6 is 0 Å². The first kappa shape index (κ1) is 12.9. The first-order valence-electron chi connectivity index (χ1n) is 6.94. The van der Waals surface area contributed by atoms with E-state index in [4.69, 9.17) is 4.42 Å². The molecular formula is C16H18N2O2. The van der Waals surface area contributed by atoms with Gasteiger partial charge in [-0.25, -0.2) is 0 Å². The molecule has 104 valence electrons. The van der Waals surface area contributed by atoms with Crippen LogP contribution in [0.2, 0.25) is 0 Å². The molecule has 0 unspecified atom stereocenters. The predicted molar refractivity (Wildman–Crippen MR) is 76.5 cm³/mol. The van der Waals surface area contributed by atoms with Gasteiger partial charge in [0.25, 0.3) is 5.91 Å². The highest BCUT2D eigenvalue weighted by molar-refractivity contribution is 5.91. The molecule has 1 N–H and O–H groups in total. The number of nitrogens with zero attached hydrogens (tertiary/aromatic N) is 1. The van der Waals surface area contributed by atoms with Crippen LogP contribution < -0.4 is 5.32 Å². The summed E-state index contributed by atoms with van der Waals surface area (Å²) in [7, 11) is 0. The number of amides is 1. The molecule has 1 aromatic heterocycles. The van der Waals surface area contributed by atoms with Crippen LogP contribution in [-0.2, 0) is 13.0 Å². The number of hydrogen-bond donors (Lipinski definition) is 1. The number of nitrogens with one attached hydrogen (secondary N) is 1. The molecule has 0 radical (unpaired) electrons. The molecule has 0 fully saturated rings. The van der Waals surface area contributed by atoms with Crippen molar-refractivity contribution in [3.8, 4) is 0 Å². The fourth-order valence-corrected chi connectivity index (χ4v) is 2.57. The Balaban J connectivity index is 1.47. The Morgan fingerprint density at radius 2 is 2.05 bits per heavy atom. The topological polar surface area (TPSA) is 45.5 Å². The molecule has 4 heteroatoms. The molecule has 1 aliphatic heterocycles. The zero-order chi connectivity index (χ0) is 13.8. The zero-order valence-corrected chi connectivity index (χ0v) is 11.3. The van der Waals surface area contributed by atoms with Crippen molar-refractivity contribution in [1.82, 2.24) is 10.2 Å². The van der Waals surface area contributed by atoms with Crippen LogP contribution in [0, 0.1) is 0 Å². The van der Waals surface area contributed by atoms with Gasteiger partial charge in [0.05, 0.1) is 6.26 Å². The summed E-state index contributed by atoms with van der Waals surface area (Å²) in [6.07, 6.45) is 2.60. The highest BCUT2D eigenvalue weighted by atomic mass is 16.3. The van der Waals surface area contributed by atoms with Crippen LogP contribution in [0.3, 0.4) is 0 Å². The number of fused-ring (bicyclic) bond motifs is 1. The highest BCUT2D eigenvalue weighted by Gasteiger charge is 2.15. The molecule has 2 aromatic rings. The molecule has 2 heterocycles. The molecule has 0 spiro atoms. The van der Waals surface area contributed by atoms with E-state index in [9.17, 15) is 4.79 Å². The highest BCUT2D eigenvalue weighted by Crippen LogP contribution is 2.17. The number of carbonyl (C=O) groups is 1. The van der Waals surface area contributed by atoms with E-state index >= 15 is 0 Å². The lowest BCUT2D eigenvalue weighted by molar-refractivity contribution is 0.0919. The quantitative estimate of drug-likeness (QED) is 0.925. The molecule has 0 bridgehead atoms. The smallest absolute Gasteiger partial charge is 0.287 e. The van der Waals surface area contributed by atoms with Crippen LogP contribution in [0.25, 0.3) is 0 Å². The Morgan fingerprint density at radius 1 is 1.20 bits per heavy atom. The van der Waals surface area contributed by atoms with Crippen LogP contribution in [0.4, 0.5) is 0 Å². The van der Waals surface area contributed by atoms with E-state index in [2.05, 4.69) is 34.5 Å². The summed E-state index contributed by atoms with van der Waals surface area (Å²) in [4.78, 5) is 14.1. The summed E-state index contributed by atoms with van der Waals surface area (Å²) in [6, 6.07) is 12.0. The van der Waals surface area contributed by atoms with Gasteiger partial charge in [-0.1, -0.05) is 24.3 Å². The van der Waals surface area contributed by atoms with Gasteiger partial charge in [0, 0.05) is 26.2 Å². The van der Waals surface area contributed by atoms with Crippen molar-refractivity contribution in [2.45, 2.75) is 13.0 Å². The average molecular weight is 270 g/mol. The third-order valence-corrected chi connectivity index (χ3v) is 3.67. The molecule has 20 heavy (non-hydrogen) atoms. The average Bonchev–Trinajstić information content (AvgIpc) is 3.01. The predicted octanol–water partition coefficient (Wildman–Crippen LogP) is 2.07. The Bertz CT molecular complexity index is 578. The van der Waals surface area contributed by atoms with Gasteiger partial charge in [0.1, 0.15) is 0 Å². The van der Waals surface area contributed by atoms with Crippen molar-refractivity contribution < 1.29 is 9.21 Å². The maximum atomic E-state index is 11.7. The van der Waals surface area contributed by atoms with Crippen LogP contribution in [0.1, 0.15) is 21.7 Å². The van der Waals surface area contributed by atoms with Crippen LogP contribution in [0.5, 0.6) is 0 Å². The van der Waals surface area contributed by atoms with Crippen molar-refractivity contribution in [1.29, 1.82) is 0 Å². The SMILES string of the molecule is O=C(NCCN1CCc2ccccc2C1)c1ccco1. The zero-order valence-electron chi connectivity index (χ0n) is 11.3. The molecular weight excluding hydrogens is 252 g/mol. The maximum Gasteiger partial charge on any atom is 0.287 e. The second-order valence-electron chi connectivity index (χ2n) is 5.03. The molecule has 0 atom stereocenters. The Morgan fingerprint density at radius 3 is 2.85 bits per heavy atom. The van der Waals surface area contributed by atoms with Gasteiger partial charge in [-0.3, -0.25) is 9.69 Å². The third-order valence-electron chi connectivity index (χ3n) is 3.67. The summed E-state index contributed by atoms with van der Waals surface area (Å²) >= 11 is 0. The van der Waals surface area contributed by atoms with Crippen molar-refractivity contribution in [3.05, 3.63) is 59.5 Å². The largest absolute Gasteiger partial charge is 0.459 e. The summed E-state index contributed by atoms with van der Waals surface area (Å²) in [5, 5.41) is 2.88. The summed E-state index contributed by atoms with van der Waals surface area (Å²) in [5.74, 6) is 0.224. The lowest BCUT2D eigenvalue weighted by atomic mass is 10.00. The van der Waals surface area contributed by atoms with Crippen LogP contribution in [0.15, 0.2) is 47.1 Å². The van der Waals surface area contributed by atoms with E-state index in [0.29, 0.717) is 12.3 Å². The molecule has 0 saturated heterocycles. The fraction of sp³-hybridized carbons (Fsp3) is 0.312. The number of benzene rings is 1. The van der Waals surface area contributed by atoms with Crippen LogP contribution in [-0.4, -0.2) is 30.4 Å². The van der Waals surface area contributed by atoms with Crippen molar-refractivity contribution in [3.63, 3.8) is 0 Å². The van der Waals surface area contributed by atoms with E-state index in [-0.39, 0.29) is 5.91 Å². The van der Waals surface area contributed by atoms with Gasteiger partial charge in [-0.15, -0.1) is 0 Å². The monoisotopic (exact) mass is 270 g/mol. The molecule has 1 aliphatic rings. The van der Waals surface area contributed by atoms with Gasteiger partial charge in [-0.05, 0) is 29.7 Å². The van der Waals surface area contributed by atoms with Gasteiger partial charge < -0.3 is 9.73 Å². The van der Waals surface area contributed by atoms with Crippen molar-refractivity contribution in [2.75, 3.05) is 19.6 Å². The minimum absolute atomic E-state index is 0.146. The lowest BCUT2D eigenvalue weighted by Crippen LogP contribution is -2.37. The Kier molecular flexibility index (Phi) is 3.83. The second kappa shape index (κ2) is 5.92. The van der Waals surface area contributed by atoms with Crippen molar-refractivity contribution >= 4 is 5.91 Å². The van der Waals surface area contributed by atoms with Crippen molar-refractivity contribution in [2.24, 2.45) is 0 Å². The van der Waals surface area contributed by atoms with Gasteiger partial charge in [0.2, 0.25) is 0 Å². The maximum absolute atomic E-state index is 11.7. The van der Waals surface area contributed by atoms with E-state index in [1.165, 1.54) is 17.4 Å². The van der Waals surface area contributed by atoms with Gasteiger partial charge in [-0.2, -0.15) is 0 Å². The molecule has 0 saturated carbocycles. The Hall–Kier alpha value is -2.07. The molecule has 0 aliphatic carbocycles. The number of rotatable bonds is 4. The first-order valence-corrected chi connectivity index (χ1v) is 6.94. The Labute approximate surface area is 118 Å². The minimum atomic E-state index is -0.146. The molecule has 1 aromatic carbocycles. The number of carbonyl (C=O) groups excluding carboxylic acids is 1. The molecule has 4 nitrogen and oxygen atoms in total. The second-order valence-corrected chi connectivity index (χ2v) is 5.03. The summed E-state index contributed by atoms with van der Waals surface area (Å²) in [6.45, 7) is 3.52. The lowest BCUT2D eigenvalue weighted by Gasteiger charge is -2.28. The van der Waals surface area contributed by atoms with E-state index in [0.717, 1.165) is 26.1 Å². The normalized spacial score (nSPS) is 14.8. The third kappa shape index (κ3) is 2.91. The van der Waals surface area contributed by atoms with Gasteiger partial charge in [0.15, 0.2) is 5.76 Å². The molecule has 1 amide bonds. The van der Waals surface area contributed by atoms with E-state index < -0.39 is 0 Å². The first-order chi connectivity index (χ1) is 9.83. The van der Waals surface area contributed by atoms with Gasteiger partial charge >= 0.3 is 0 Å². The number of furan rings is 1.